The van der Waals surface area contributed by atoms with Gasteiger partial charge in [0, 0.05) is 42.7 Å². The molecule has 3 aromatic rings. The van der Waals surface area contributed by atoms with Gasteiger partial charge >= 0.3 is 6.18 Å². The number of fused-ring (bicyclic) bond motifs is 2. The van der Waals surface area contributed by atoms with Crippen molar-refractivity contribution in [1.82, 2.24) is 19.6 Å². The Balaban J connectivity index is 1.47. The molecule has 3 heterocycles. The molecule has 0 unspecified atom stereocenters. The molecule has 0 saturated carbocycles. The van der Waals surface area contributed by atoms with E-state index in [9.17, 15) is 22.8 Å². The van der Waals surface area contributed by atoms with E-state index < -0.39 is 12.0 Å². The summed E-state index contributed by atoms with van der Waals surface area (Å²) >= 11 is 0. The summed E-state index contributed by atoms with van der Waals surface area (Å²) in [6.07, 6.45) is -3.53. The molecule has 0 bridgehead atoms. The third-order valence-corrected chi connectivity index (χ3v) is 5.54. The molecule has 0 spiro atoms. The highest BCUT2D eigenvalue weighted by atomic mass is 19.4. The minimum absolute atomic E-state index is 0.0217. The first-order valence-electron chi connectivity index (χ1n) is 10.1. The van der Waals surface area contributed by atoms with Crippen LogP contribution in [0.25, 0.3) is 5.78 Å². The van der Waals surface area contributed by atoms with Gasteiger partial charge in [-0.25, -0.2) is 9.50 Å². The molecule has 11 heteroatoms. The summed E-state index contributed by atoms with van der Waals surface area (Å²) in [5.74, 6) is -1.63. The molecule has 168 valence electrons. The second kappa shape index (κ2) is 7.88. The predicted molar refractivity (Wildman–Crippen MR) is 110 cm³/mol. The number of aryl methyl sites for hydroxylation is 2. The number of hydrogen-bond donors (Lipinski definition) is 1. The van der Waals surface area contributed by atoms with Gasteiger partial charge in [-0.2, -0.15) is 18.2 Å². The zero-order chi connectivity index (χ0) is 23.2. The lowest BCUT2D eigenvalue weighted by atomic mass is 10.1. The van der Waals surface area contributed by atoms with Crippen LogP contribution in [0, 0.1) is 13.8 Å². The smallest absolute Gasteiger partial charge is 0.326 e. The lowest BCUT2D eigenvalue weighted by Crippen LogP contribution is -2.25. The summed E-state index contributed by atoms with van der Waals surface area (Å²) in [5.41, 5.74) is 4.10. The van der Waals surface area contributed by atoms with Crippen molar-refractivity contribution in [3.05, 3.63) is 46.5 Å². The molecule has 0 radical (unpaired) electrons. The van der Waals surface area contributed by atoms with Gasteiger partial charge in [0.1, 0.15) is 0 Å². The Hall–Kier alpha value is -3.50. The lowest BCUT2D eigenvalue weighted by molar-refractivity contribution is -0.144. The molecule has 1 aliphatic rings. The first-order valence-corrected chi connectivity index (χ1v) is 10.1. The lowest BCUT2D eigenvalue weighted by Gasteiger charge is -2.15. The third-order valence-electron chi connectivity index (χ3n) is 5.54. The van der Waals surface area contributed by atoms with Crippen molar-refractivity contribution in [3.8, 4) is 0 Å². The standard InChI is InChI=1S/C21H21F3N6O2/c1-11-16(12(2)30-20(25-11)27-19(28-30)21(22,23)24)5-7-18(32)26-15-4-6-17-14(10-15)8-9-29(17)13(3)31/h4,6,10H,5,7-9H2,1-3H3,(H,26,32). The van der Waals surface area contributed by atoms with Crippen molar-refractivity contribution in [1.29, 1.82) is 0 Å². The van der Waals surface area contributed by atoms with Crippen LogP contribution in [0.1, 0.15) is 41.7 Å². The maximum Gasteiger partial charge on any atom is 0.453 e. The van der Waals surface area contributed by atoms with Crippen molar-refractivity contribution >= 4 is 29.0 Å². The first kappa shape index (κ1) is 21.7. The maximum atomic E-state index is 12.9. The largest absolute Gasteiger partial charge is 0.453 e. The number of halogens is 3. The van der Waals surface area contributed by atoms with Gasteiger partial charge in [0.2, 0.25) is 11.8 Å². The van der Waals surface area contributed by atoms with Crippen molar-refractivity contribution < 1.29 is 22.8 Å². The Bertz CT molecular complexity index is 1230. The van der Waals surface area contributed by atoms with E-state index in [4.69, 9.17) is 0 Å². The average Bonchev–Trinajstić information content (AvgIpc) is 3.31. The van der Waals surface area contributed by atoms with Crippen LogP contribution in [0.4, 0.5) is 24.5 Å². The van der Waals surface area contributed by atoms with Crippen molar-refractivity contribution in [2.45, 2.75) is 46.2 Å². The number of amides is 2. The topological polar surface area (TPSA) is 92.5 Å². The van der Waals surface area contributed by atoms with Crippen molar-refractivity contribution in [3.63, 3.8) is 0 Å². The van der Waals surface area contributed by atoms with E-state index >= 15 is 0 Å². The molecule has 8 nitrogen and oxygen atoms in total. The number of anilines is 2. The Morgan fingerprint density at radius 2 is 1.94 bits per heavy atom. The second-order valence-electron chi connectivity index (χ2n) is 7.72. The number of carbonyl (C=O) groups is 2. The number of nitrogens with zero attached hydrogens (tertiary/aromatic N) is 5. The average molecular weight is 446 g/mol. The molecule has 2 aromatic heterocycles. The zero-order valence-corrected chi connectivity index (χ0v) is 17.7. The number of rotatable bonds is 4. The van der Waals surface area contributed by atoms with Crippen LogP contribution in [0.5, 0.6) is 0 Å². The minimum Gasteiger partial charge on any atom is -0.326 e. The SMILES string of the molecule is CC(=O)N1CCc2cc(NC(=O)CCc3c(C)nc4nc(C(F)(F)F)nn4c3C)ccc21. The summed E-state index contributed by atoms with van der Waals surface area (Å²) in [6, 6.07) is 5.42. The van der Waals surface area contributed by atoms with Gasteiger partial charge in [0.15, 0.2) is 0 Å². The third kappa shape index (κ3) is 4.02. The van der Waals surface area contributed by atoms with Crippen LogP contribution in [0.2, 0.25) is 0 Å². The van der Waals surface area contributed by atoms with Crippen LogP contribution in [-0.4, -0.2) is 37.9 Å². The van der Waals surface area contributed by atoms with Gasteiger partial charge in [-0.05, 0) is 56.0 Å². The van der Waals surface area contributed by atoms with Crippen molar-refractivity contribution in [2.24, 2.45) is 0 Å². The van der Waals surface area contributed by atoms with Crippen LogP contribution in [0.15, 0.2) is 18.2 Å². The van der Waals surface area contributed by atoms with E-state index in [1.807, 2.05) is 12.1 Å². The zero-order valence-electron chi connectivity index (χ0n) is 17.7. The van der Waals surface area contributed by atoms with E-state index in [2.05, 4.69) is 20.4 Å². The molecular weight excluding hydrogens is 425 g/mol. The molecule has 0 saturated heterocycles. The van der Waals surface area contributed by atoms with E-state index in [-0.39, 0.29) is 30.4 Å². The second-order valence-corrected chi connectivity index (χ2v) is 7.72. The Labute approximate surface area is 181 Å². The molecule has 0 atom stereocenters. The highest BCUT2D eigenvalue weighted by Crippen LogP contribution is 2.31. The van der Waals surface area contributed by atoms with Crippen molar-refractivity contribution in [2.75, 3.05) is 16.8 Å². The fourth-order valence-corrected chi connectivity index (χ4v) is 3.96. The van der Waals surface area contributed by atoms with E-state index in [0.717, 1.165) is 22.2 Å². The molecular formula is C21H21F3N6O2. The molecule has 0 fully saturated rings. The molecule has 2 amide bonds. The van der Waals surface area contributed by atoms with Crippen LogP contribution < -0.4 is 10.2 Å². The van der Waals surface area contributed by atoms with Gasteiger partial charge < -0.3 is 10.2 Å². The Kier molecular flexibility index (Phi) is 5.35. The highest BCUT2D eigenvalue weighted by Gasteiger charge is 2.37. The molecule has 1 aliphatic heterocycles. The minimum atomic E-state index is -4.66. The number of benzene rings is 1. The highest BCUT2D eigenvalue weighted by molar-refractivity contribution is 5.95. The van der Waals surface area contributed by atoms with Gasteiger partial charge in [-0.15, -0.1) is 5.10 Å². The number of alkyl halides is 3. The summed E-state index contributed by atoms with van der Waals surface area (Å²) in [7, 11) is 0. The van der Waals surface area contributed by atoms with Crippen LogP contribution in [-0.2, 0) is 28.6 Å². The number of nitrogens with one attached hydrogen (secondary N) is 1. The quantitative estimate of drug-likeness (QED) is 0.664. The number of carbonyl (C=O) groups excluding carboxylic acids is 2. The molecule has 0 aliphatic carbocycles. The van der Waals surface area contributed by atoms with Gasteiger partial charge in [0.25, 0.3) is 11.6 Å². The van der Waals surface area contributed by atoms with Gasteiger partial charge in [-0.1, -0.05) is 0 Å². The van der Waals surface area contributed by atoms with E-state index in [0.29, 0.717) is 29.2 Å². The molecule has 1 aromatic carbocycles. The number of hydrogen-bond acceptors (Lipinski definition) is 5. The Morgan fingerprint density at radius 3 is 2.62 bits per heavy atom. The first-order chi connectivity index (χ1) is 15.0. The molecule has 1 N–H and O–H groups in total. The summed E-state index contributed by atoms with van der Waals surface area (Å²) in [5, 5.41) is 6.36. The Morgan fingerprint density at radius 1 is 1.19 bits per heavy atom. The summed E-state index contributed by atoms with van der Waals surface area (Å²) in [4.78, 5) is 33.4. The van der Waals surface area contributed by atoms with Gasteiger partial charge in [0.05, 0.1) is 0 Å². The normalized spacial score (nSPS) is 13.5. The summed E-state index contributed by atoms with van der Waals surface area (Å²) in [6.45, 7) is 5.44. The summed E-state index contributed by atoms with van der Waals surface area (Å²) < 4.78 is 39.8. The molecule has 32 heavy (non-hydrogen) atoms. The van der Waals surface area contributed by atoms with E-state index in [1.165, 1.54) is 6.92 Å². The van der Waals surface area contributed by atoms with Crippen LogP contribution in [0.3, 0.4) is 0 Å². The maximum absolute atomic E-state index is 12.9. The molecule has 4 rings (SSSR count). The predicted octanol–water partition coefficient (Wildman–Crippen LogP) is 3.24. The monoisotopic (exact) mass is 446 g/mol. The van der Waals surface area contributed by atoms with E-state index in [1.54, 1.807) is 24.8 Å². The fourth-order valence-electron chi connectivity index (χ4n) is 3.96. The fraction of sp³-hybridized carbons (Fsp3) is 0.381. The number of aromatic nitrogens is 4. The van der Waals surface area contributed by atoms with Crippen LogP contribution >= 0.6 is 0 Å². The van der Waals surface area contributed by atoms with Gasteiger partial charge in [-0.3, -0.25) is 9.59 Å².